The van der Waals surface area contributed by atoms with E-state index in [2.05, 4.69) is 54.7 Å². The van der Waals surface area contributed by atoms with E-state index in [1.54, 1.807) is 6.92 Å². The van der Waals surface area contributed by atoms with E-state index < -0.39 is 34.0 Å². The van der Waals surface area contributed by atoms with Crippen LogP contribution < -0.4 is 10.4 Å². The molecule has 2 aromatic rings. The molecule has 0 spiro atoms. The minimum Gasteiger partial charge on any atom is -0.481 e. The number of rotatable bonds is 5. The smallest absolute Gasteiger partial charge is 0.313 e. The number of carboxylic acid groups (broad SMARTS) is 1. The molecule has 4 heterocycles. The largest absolute Gasteiger partial charge is 0.481 e. The predicted octanol–water partition coefficient (Wildman–Crippen LogP) is 2.04. The quantitative estimate of drug-likeness (QED) is 0.377. The van der Waals surface area contributed by atoms with Crippen molar-refractivity contribution in [3.63, 3.8) is 0 Å². The molecule has 2 aliphatic rings. The Balaban J connectivity index is 1.64. The number of carbonyl (C=O) groups excluding carboxylic acids is 2. The van der Waals surface area contributed by atoms with Gasteiger partial charge in [0.1, 0.15) is 20.8 Å². The second-order valence-corrected chi connectivity index (χ2v) is 12.2. The number of nitrogens with zero attached hydrogens (tertiary/aromatic N) is 5. The molecular weight excluding hydrogens is 622 g/mol. The maximum absolute atomic E-state index is 13.2. The van der Waals surface area contributed by atoms with Crippen LogP contribution in [0.3, 0.4) is 0 Å². The molecule has 0 aromatic carbocycles. The Bertz CT molecular complexity index is 1200. The highest BCUT2D eigenvalue weighted by Crippen LogP contribution is 2.51. The van der Waals surface area contributed by atoms with E-state index >= 15 is 0 Å². The molecule has 0 radical (unpaired) electrons. The summed E-state index contributed by atoms with van der Waals surface area (Å²) in [6.45, 7) is 3.03. The first-order valence-corrected chi connectivity index (χ1v) is 13.5. The molecule has 0 saturated carbocycles. The average Bonchev–Trinajstić information content (AvgIpc) is 3.19. The highest BCUT2D eigenvalue weighted by molar-refractivity contribution is 9.11. The van der Waals surface area contributed by atoms with Crippen molar-refractivity contribution >= 4 is 85.4 Å². The number of aliphatic carboxylic acids is 1. The third-order valence-electron chi connectivity index (χ3n) is 5.56. The maximum Gasteiger partial charge on any atom is 0.313 e. The van der Waals surface area contributed by atoms with E-state index in [4.69, 9.17) is 0 Å². The van der Waals surface area contributed by atoms with Gasteiger partial charge in [0.2, 0.25) is 11.3 Å². The fraction of sp³-hybridized carbons (Fsp3) is 0.444. The van der Waals surface area contributed by atoms with Crippen molar-refractivity contribution in [1.29, 1.82) is 0 Å². The molecule has 4 atom stereocenters. The Hall–Kier alpha value is -1.42. The number of thioether (sulfide) groups is 1. The van der Waals surface area contributed by atoms with Gasteiger partial charge in [-0.1, -0.05) is 0 Å². The van der Waals surface area contributed by atoms with Gasteiger partial charge >= 0.3 is 5.97 Å². The van der Waals surface area contributed by atoms with Crippen LogP contribution in [-0.4, -0.2) is 66.4 Å². The third kappa shape index (κ3) is 4.05. The van der Waals surface area contributed by atoms with E-state index in [9.17, 15) is 24.3 Å². The number of pyridine rings is 1. The Morgan fingerprint density at radius 3 is 2.45 bits per heavy atom. The zero-order chi connectivity index (χ0) is 24.2. The number of amides is 2. The first kappa shape index (κ1) is 24.7. The third-order valence-corrected chi connectivity index (χ3v) is 10.0. The molecule has 0 aliphatic carbocycles. The van der Waals surface area contributed by atoms with Gasteiger partial charge in [0, 0.05) is 31.6 Å². The van der Waals surface area contributed by atoms with Crippen molar-refractivity contribution in [3.8, 4) is 0 Å². The lowest BCUT2D eigenvalue weighted by Gasteiger charge is -2.56. The van der Waals surface area contributed by atoms with Gasteiger partial charge in [0.15, 0.2) is 6.04 Å². The van der Waals surface area contributed by atoms with Crippen molar-refractivity contribution in [2.24, 2.45) is 5.41 Å². The fourth-order valence-corrected chi connectivity index (χ4v) is 8.02. The van der Waals surface area contributed by atoms with Crippen LogP contribution in [0.25, 0.3) is 0 Å². The predicted molar refractivity (Wildman–Crippen MR) is 133 cm³/mol. The summed E-state index contributed by atoms with van der Waals surface area (Å²) in [6.07, 6.45) is 2.84. The maximum atomic E-state index is 13.2. The molecule has 10 nitrogen and oxygen atoms in total. The van der Waals surface area contributed by atoms with Crippen LogP contribution in [0.2, 0.25) is 0 Å². The van der Waals surface area contributed by atoms with Crippen LogP contribution in [0.5, 0.6) is 0 Å². The van der Waals surface area contributed by atoms with Gasteiger partial charge in [0.05, 0.1) is 14.2 Å². The minimum atomic E-state index is -1.36. The van der Waals surface area contributed by atoms with E-state index in [-0.39, 0.29) is 32.6 Å². The average molecular weight is 639 g/mol. The van der Waals surface area contributed by atoms with Crippen molar-refractivity contribution in [3.05, 3.63) is 41.6 Å². The van der Waals surface area contributed by atoms with E-state index in [1.807, 2.05) is 0 Å². The molecule has 2 aliphatic heterocycles. The molecule has 3 unspecified atom stereocenters. The summed E-state index contributed by atoms with van der Waals surface area (Å²) in [5, 5.41) is 19.4. The SMILES string of the molecule is CC(=O)N(C1C(=O)N2CC(C(=O)O)(C(S)c3nnc(C)s3)CS[C@H]12)n1cc(Br)c(=O)c(Br)c1. The summed E-state index contributed by atoms with van der Waals surface area (Å²) in [5.41, 5.74) is -1.65. The second kappa shape index (κ2) is 8.98. The molecular formula is C18H17Br2N5O5S3. The first-order chi connectivity index (χ1) is 15.5. The number of halogens is 2. The van der Waals surface area contributed by atoms with Crippen LogP contribution >= 0.6 is 67.6 Å². The molecule has 33 heavy (non-hydrogen) atoms. The lowest BCUT2D eigenvalue weighted by Crippen LogP contribution is -2.76. The van der Waals surface area contributed by atoms with Gasteiger partial charge in [-0.25, -0.2) is 5.01 Å². The highest BCUT2D eigenvalue weighted by atomic mass is 79.9. The Morgan fingerprint density at radius 2 is 1.94 bits per heavy atom. The van der Waals surface area contributed by atoms with Gasteiger partial charge in [-0.3, -0.25) is 23.9 Å². The van der Waals surface area contributed by atoms with Crippen LogP contribution in [-0.2, 0) is 14.4 Å². The number of fused-ring (bicyclic) bond motifs is 1. The molecule has 2 saturated heterocycles. The number of β-lactam (4-membered cyclic amide) rings is 1. The fourth-order valence-electron chi connectivity index (χ4n) is 3.86. The van der Waals surface area contributed by atoms with Crippen molar-refractivity contribution in [1.82, 2.24) is 19.8 Å². The van der Waals surface area contributed by atoms with Crippen LogP contribution in [0, 0.1) is 12.3 Å². The topological polar surface area (TPSA) is 126 Å². The Kier molecular flexibility index (Phi) is 6.72. The second-order valence-electron chi connectivity index (χ2n) is 7.66. The molecule has 2 amide bonds. The molecule has 2 aromatic heterocycles. The summed E-state index contributed by atoms with van der Waals surface area (Å²) in [4.78, 5) is 51.6. The van der Waals surface area contributed by atoms with E-state index in [0.29, 0.717) is 10.0 Å². The summed E-state index contributed by atoms with van der Waals surface area (Å²) in [7, 11) is 0. The zero-order valence-corrected chi connectivity index (χ0v) is 22.8. The number of carboxylic acids is 1. The van der Waals surface area contributed by atoms with Crippen molar-refractivity contribution in [2.75, 3.05) is 17.3 Å². The minimum absolute atomic E-state index is 0.0641. The van der Waals surface area contributed by atoms with Crippen LogP contribution in [0.15, 0.2) is 26.1 Å². The number of aryl methyl sites for hydroxylation is 1. The summed E-state index contributed by atoms with van der Waals surface area (Å²) in [6, 6.07) is -0.845. The number of aromatic nitrogens is 3. The van der Waals surface area contributed by atoms with Gasteiger partial charge in [-0.05, 0) is 38.8 Å². The first-order valence-electron chi connectivity index (χ1n) is 9.49. The number of hydrogen-bond donors (Lipinski definition) is 2. The lowest BCUT2D eigenvalue weighted by molar-refractivity contribution is -0.158. The number of thiol groups is 1. The van der Waals surface area contributed by atoms with Crippen LogP contribution in [0.4, 0.5) is 0 Å². The van der Waals surface area contributed by atoms with Gasteiger partial charge in [-0.15, -0.1) is 33.3 Å². The summed E-state index contributed by atoms with van der Waals surface area (Å²) >= 11 is 13.5. The number of carbonyl (C=O) groups is 3. The van der Waals surface area contributed by atoms with Gasteiger partial charge < -0.3 is 10.0 Å². The van der Waals surface area contributed by atoms with Crippen molar-refractivity contribution in [2.45, 2.75) is 30.5 Å². The van der Waals surface area contributed by atoms with E-state index in [0.717, 1.165) is 0 Å². The van der Waals surface area contributed by atoms with Crippen LogP contribution in [0.1, 0.15) is 22.2 Å². The Morgan fingerprint density at radius 1 is 1.30 bits per heavy atom. The van der Waals surface area contributed by atoms with Crippen molar-refractivity contribution < 1.29 is 19.5 Å². The lowest BCUT2D eigenvalue weighted by atomic mass is 9.83. The molecule has 15 heteroatoms. The molecule has 4 rings (SSSR count). The monoisotopic (exact) mass is 637 g/mol. The van der Waals surface area contributed by atoms with Gasteiger partial charge in [-0.2, -0.15) is 12.6 Å². The molecule has 2 fully saturated rings. The number of hydrogen-bond acceptors (Lipinski definition) is 9. The summed E-state index contributed by atoms with van der Waals surface area (Å²) < 4.78 is 1.83. The summed E-state index contributed by atoms with van der Waals surface area (Å²) in [5.74, 6) is -1.69. The molecule has 1 N–H and O–H groups in total. The van der Waals surface area contributed by atoms with Gasteiger partial charge in [0.25, 0.3) is 5.91 Å². The molecule has 176 valence electrons. The Labute approximate surface area is 218 Å². The zero-order valence-electron chi connectivity index (χ0n) is 17.1. The van der Waals surface area contributed by atoms with E-state index in [1.165, 1.54) is 57.0 Å². The molecule has 0 bridgehead atoms. The normalized spacial score (nSPS) is 25.2. The highest BCUT2D eigenvalue weighted by Gasteiger charge is 2.62. The standard InChI is InChI=1S/C18H17Br2N5O5S3/c1-7-21-22-14(33-7)13(31)18(17(29)30)5-24-15(28)11(16(24)32-6-18)25(8(2)26)23-3-9(19)12(27)10(20)4-23/h3-4,11,13,16,31H,5-6H2,1-2H3,(H,29,30)/t11?,13?,16-,18?/m1/s1.